The lowest BCUT2D eigenvalue weighted by Crippen LogP contribution is -2.41. The zero-order chi connectivity index (χ0) is 16.9. The molecule has 0 bridgehead atoms. The molecule has 24 heavy (non-hydrogen) atoms. The Morgan fingerprint density at radius 1 is 1.50 bits per heavy atom. The zero-order valence-electron chi connectivity index (χ0n) is 13.7. The average molecular weight is 330 g/mol. The van der Waals surface area contributed by atoms with Crippen molar-refractivity contribution in [2.75, 3.05) is 24.5 Å². The Labute approximate surface area is 140 Å². The third kappa shape index (κ3) is 3.56. The summed E-state index contributed by atoms with van der Waals surface area (Å²) in [5.41, 5.74) is 0.624. The largest absolute Gasteiger partial charge is 0.391 e. The van der Waals surface area contributed by atoms with Crippen molar-refractivity contribution >= 4 is 11.7 Å². The fourth-order valence-electron chi connectivity index (χ4n) is 3.06. The highest BCUT2D eigenvalue weighted by atomic mass is 16.5. The van der Waals surface area contributed by atoms with Gasteiger partial charge < -0.3 is 19.8 Å². The topological polar surface area (TPSA) is 91.5 Å². The summed E-state index contributed by atoms with van der Waals surface area (Å²) in [6.07, 6.45) is 3.93. The normalized spacial score (nSPS) is 17.8. The van der Waals surface area contributed by atoms with Crippen LogP contribution < -0.4 is 10.2 Å². The van der Waals surface area contributed by atoms with Gasteiger partial charge in [0.05, 0.1) is 12.2 Å². The number of amides is 1. The summed E-state index contributed by atoms with van der Waals surface area (Å²) in [4.78, 5) is 18.9. The molecule has 0 radical (unpaired) electrons. The van der Waals surface area contributed by atoms with Gasteiger partial charge in [0.2, 0.25) is 0 Å². The van der Waals surface area contributed by atoms with Crippen molar-refractivity contribution in [1.82, 2.24) is 15.5 Å². The van der Waals surface area contributed by atoms with E-state index in [1.165, 1.54) is 0 Å². The molecule has 1 fully saturated rings. The molecule has 0 aromatic carbocycles. The monoisotopic (exact) mass is 330 g/mol. The van der Waals surface area contributed by atoms with Crippen LogP contribution in [0.2, 0.25) is 0 Å². The van der Waals surface area contributed by atoms with Gasteiger partial charge in [0, 0.05) is 25.8 Å². The maximum Gasteiger partial charge on any atom is 0.273 e. The third-order valence-electron chi connectivity index (χ3n) is 4.40. The van der Waals surface area contributed by atoms with Gasteiger partial charge in [-0.3, -0.25) is 4.79 Å². The van der Waals surface area contributed by atoms with Gasteiger partial charge in [-0.2, -0.15) is 0 Å². The molecule has 7 heteroatoms. The summed E-state index contributed by atoms with van der Waals surface area (Å²) >= 11 is 0. The summed E-state index contributed by atoms with van der Waals surface area (Å²) < 4.78 is 4.99. The number of piperidine rings is 1. The van der Waals surface area contributed by atoms with E-state index in [4.69, 9.17) is 4.52 Å². The van der Waals surface area contributed by atoms with Gasteiger partial charge in [-0.15, -0.1) is 0 Å². The summed E-state index contributed by atoms with van der Waals surface area (Å²) in [5.74, 6) is 1.51. The number of nitrogens with one attached hydrogen (secondary N) is 1. The molecule has 1 aliphatic rings. The Kier molecular flexibility index (Phi) is 5.10. The number of aromatic nitrogens is 2. The number of aliphatic hydroxyl groups excluding tert-OH is 1. The van der Waals surface area contributed by atoms with Crippen LogP contribution in [-0.4, -0.2) is 40.8 Å². The van der Waals surface area contributed by atoms with E-state index in [-0.39, 0.29) is 18.2 Å². The van der Waals surface area contributed by atoms with Crippen LogP contribution in [-0.2, 0) is 6.61 Å². The highest BCUT2D eigenvalue weighted by molar-refractivity contribution is 5.93. The number of anilines is 1. The van der Waals surface area contributed by atoms with Crippen molar-refractivity contribution in [3.63, 3.8) is 0 Å². The first-order valence-corrected chi connectivity index (χ1v) is 8.19. The molecule has 1 saturated heterocycles. The molecule has 3 rings (SSSR count). The van der Waals surface area contributed by atoms with Crippen LogP contribution >= 0.6 is 0 Å². The predicted octanol–water partition coefficient (Wildman–Crippen LogP) is 1.52. The molecule has 128 valence electrons. The van der Waals surface area contributed by atoms with Crippen molar-refractivity contribution in [3.8, 4) is 0 Å². The molecule has 7 nitrogen and oxygen atoms in total. The van der Waals surface area contributed by atoms with Crippen molar-refractivity contribution < 1.29 is 14.4 Å². The Balaban J connectivity index is 1.57. The quantitative estimate of drug-likeness (QED) is 0.863. The third-order valence-corrected chi connectivity index (χ3v) is 4.40. The SMILES string of the molecule is Cc1onc(C(=O)NC[C@@H]2CCCN(c3ccccn3)C2)c1CO. The van der Waals surface area contributed by atoms with Gasteiger partial charge in [0.25, 0.3) is 5.91 Å². The van der Waals surface area contributed by atoms with Crippen LogP contribution in [0.25, 0.3) is 0 Å². The van der Waals surface area contributed by atoms with Crippen molar-refractivity contribution in [3.05, 3.63) is 41.4 Å². The smallest absolute Gasteiger partial charge is 0.273 e. The lowest BCUT2D eigenvalue weighted by atomic mass is 9.98. The molecule has 0 saturated carbocycles. The van der Waals surface area contributed by atoms with Gasteiger partial charge in [-0.05, 0) is 37.8 Å². The number of aliphatic hydroxyl groups is 1. The fourth-order valence-corrected chi connectivity index (χ4v) is 3.06. The minimum atomic E-state index is -0.300. The highest BCUT2D eigenvalue weighted by Crippen LogP contribution is 2.21. The number of carbonyl (C=O) groups is 1. The van der Waals surface area contributed by atoms with Gasteiger partial charge in [-0.25, -0.2) is 4.98 Å². The molecule has 1 amide bonds. The van der Waals surface area contributed by atoms with E-state index in [0.717, 1.165) is 31.7 Å². The zero-order valence-corrected chi connectivity index (χ0v) is 13.7. The van der Waals surface area contributed by atoms with Crippen LogP contribution in [0, 0.1) is 12.8 Å². The second-order valence-electron chi connectivity index (χ2n) is 6.08. The van der Waals surface area contributed by atoms with Crippen LogP contribution in [0.15, 0.2) is 28.9 Å². The number of hydrogen-bond donors (Lipinski definition) is 2. The number of aryl methyl sites for hydroxylation is 1. The Hall–Kier alpha value is -2.41. The first kappa shape index (κ1) is 16.4. The van der Waals surface area contributed by atoms with Gasteiger partial charge >= 0.3 is 0 Å². The molecule has 0 spiro atoms. The van der Waals surface area contributed by atoms with Crippen LogP contribution in [0.1, 0.15) is 34.7 Å². The highest BCUT2D eigenvalue weighted by Gasteiger charge is 2.23. The van der Waals surface area contributed by atoms with Crippen molar-refractivity contribution in [1.29, 1.82) is 0 Å². The lowest BCUT2D eigenvalue weighted by molar-refractivity contribution is 0.0934. The first-order chi connectivity index (χ1) is 11.7. The molecule has 0 aliphatic carbocycles. The standard InChI is InChI=1S/C17H22N4O3/c1-12-14(11-22)16(20-24-12)17(23)19-9-13-5-4-8-21(10-13)15-6-2-3-7-18-15/h2-3,6-7,13,22H,4-5,8-11H2,1H3,(H,19,23)/t13-/m0/s1. The maximum absolute atomic E-state index is 12.3. The summed E-state index contributed by atoms with van der Waals surface area (Å²) in [6, 6.07) is 5.90. The van der Waals surface area contributed by atoms with Crippen LogP contribution in [0.4, 0.5) is 5.82 Å². The minimum Gasteiger partial charge on any atom is -0.391 e. The molecule has 2 N–H and O–H groups in total. The first-order valence-electron chi connectivity index (χ1n) is 8.19. The Bertz CT molecular complexity index is 686. The molecule has 2 aromatic heterocycles. The number of nitrogens with zero attached hydrogens (tertiary/aromatic N) is 3. The lowest BCUT2D eigenvalue weighted by Gasteiger charge is -2.33. The molecular weight excluding hydrogens is 308 g/mol. The second-order valence-corrected chi connectivity index (χ2v) is 6.08. The molecular formula is C17H22N4O3. The summed E-state index contributed by atoms with van der Waals surface area (Å²) in [7, 11) is 0. The Morgan fingerprint density at radius 2 is 2.38 bits per heavy atom. The second kappa shape index (κ2) is 7.44. The Morgan fingerprint density at radius 3 is 3.12 bits per heavy atom. The molecule has 1 aliphatic heterocycles. The van der Waals surface area contributed by atoms with Crippen molar-refractivity contribution in [2.45, 2.75) is 26.4 Å². The van der Waals surface area contributed by atoms with E-state index in [1.807, 2.05) is 18.2 Å². The van der Waals surface area contributed by atoms with Gasteiger partial charge in [0.15, 0.2) is 5.69 Å². The van der Waals surface area contributed by atoms with E-state index in [0.29, 0.717) is 23.8 Å². The molecule has 3 heterocycles. The van der Waals surface area contributed by atoms with Gasteiger partial charge in [0.1, 0.15) is 11.6 Å². The molecule has 2 aromatic rings. The van der Waals surface area contributed by atoms with E-state index in [1.54, 1.807) is 13.1 Å². The van der Waals surface area contributed by atoms with E-state index in [9.17, 15) is 9.90 Å². The van der Waals surface area contributed by atoms with Crippen LogP contribution in [0.3, 0.4) is 0 Å². The molecule has 1 atom stereocenters. The van der Waals surface area contributed by atoms with Gasteiger partial charge in [-0.1, -0.05) is 11.2 Å². The maximum atomic E-state index is 12.3. The summed E-state index contributed by atoms with van der Waals surface area (Å²) in [6.45, 7) is 3.84. The minimum absolute atomic E-state index is 0.174. The average Bonchev–Trinajstić information content (AvgIpc) is 3.01. The number of pyridine rings is 1. The van der Waals surface area contributed by atoms with E-state index in [2.05, 4.69) is 20.4 Å². The van der Waals surface area contributed by atoms with Crippen LogP contribution in [0.5, 0.6) is 0 Å². The van der Waals surface area contributed by atoms with E-state index >= 15 is 0 Å². The number of hydrogen-bond acceptors (Lipinski definition) is 6. The summed E-state index contributed by atoms with van der Waals surface area (Å²) in [5, 5.41) is 16.0. The molecule has 0 unspecified atom stereocenters. The fraction of sp³-hybridized carbons (Fsp3) is 0.471. The number of carbonyl (C=O) groups excluding carboxylic acids is 1. The number of rotatable bonds is 5. The predicted molar refractivity (Wildman–Crippen MR) is 88.7 cm³/mol. The van der Waals surface area contributed by atoms with Crippen molar-refractivity contribution in [2.24, 2.45) is 5.92 Å². The van der Waals surface area contributed by atoms with E-state index < -0.39 is 0 Å².